The van der Waals surface area contributed by atoms with Crippen molar-refractivity contribution in [2.75, 3.05) is 25.6 Å². The van der Waals surface area contributed by atoms with E-state index in [0.717, 1.165) is 24.6 Å². The molecule has 0 aromatic carbocycles. The summed E-state index contributed by atoms with van der Waals surface area (Å²) < 4.78 is 17.7. The van der Waals surface area contributed by atoms with Gasteiger partial charge in [0, 0.05) is 38.0 Å². The molecule has 0 saturated carbocycles. The minimum atomic E-state index is -2.56. The first kappa shape index (κ1) is 35.1. The summed E-state index contributed by atoms with van der Waals surface area (Å²) in [6.07, 6.45) is 24.9. The Bertz CT molecular complexity index is 433. The number of hydrogen-bond donors (Lipinski definition) is 0. The Morgan fingerprint density at radius 3 is 1.29 bits per heavy atom. The van der Waals surface area contributed by atoms with Crippen molar-refractivity contribution in [3.8, 4) is 0 Å². The highest BCUT2D eigenvalue weighted by atomic mass is 32.2. The predicted octanol–water partition coefficient (Wildman–Crippen LogP) is 9.73. The fourth-order valence-corrected chi connectivity index (χ4v) is 8.22. The van der Waals surface area contributed by atoms with E-state index in [9.17, 15) is 4.79 Å². The average Bonchev–Trinajstić information content (AvgIpc) is 2.84. The highest BCUT2D eigenvalue weighted by Crippen LogP contribution is 2.21. The zero-order valence-corrected chi connectivity index (χ0v) is 25.8. The van der Waals surface area contributed by atoms with Gasteiger partial charge in [0.2, 0.25) is 0 Å². The molecular weight excluding hydrogens is 472 g/mol. The predicted molar refractivity (Wildman–Crippen MR) is 156 cm³/mol. The van der Waals surface area contributed by atoms with Crippen LogP contribution >= 0.6 is 11.8 Å². The molecule has 0 radical (unpaired) electrons. The van der Waals surface area contributed by atoms with Crippen molar-refractivity contribution < 1.29 is 18.1 Å². The monoisotopic (exact) mass is 532 g/mol. The second-order valence-corrected chi connectivity index (χ2v) is 13.6. The van der Waals surface area contributed by atoms with Crippen LogP contribution in [0.2, 0.25) is 6.04 Å². The second-order valence-electron chi connectivity index (χ2n) is 9.71. The lowest BCUT2D eigenvalue weighted by atomic mass is 10.0. The molecule has 0 aromatic rings. The van der Waals surface area contributed by atoms with Crippen LogP contribution in [0.25, 0.3) is 0 Å². The summed E-state index contributed by atoms with van der Waals surface area (Å²) >= 11 is 1.48. The lowest BCUT2D eigenvalue weighted by Crippen LogP contribution is -2.46. The Labute approximate surface area is 224 Å². The van der Waals surface area contributed by atoms with Crippen LogP contribution in [0.1, 0.15) is 150 Å². The molecule has 0 unspecified atom stereocenters. The molecule has 6 heteroatoms. The van der Waals surface area contributed by atoms with Gasteiger partial charge in [-0.15, -0.1) is 0 Å². The standard InChI is InChI=1S/C29H60O4SSi/c1-5-9-10-11-12-13-14-15-16-17-18-19-20-21-22-23-24-26-29(30)34-27-25-28-35(31-6-2,32-7-3)33-8-4/h5-28H2,1-4H3. The molecule has 0 N–H and O–H groups in total. The Hall–Kier alpha value is 0.117. The normalized spacial score (nSPS) is 11.9. The molecular formula is C29H60O4SSi. The quantitative estimate of drug-likeness (QED) is 0.0741. The minimum absolute atomic E-state index is 0.336. The minimum Gasteiger partial charge on any atom is -0.374 e. The molecule has 0 aliphatic rings. The Morgan fingerprint density at radius 1 is 0.543 bits per heavy atom. The van der Waals surface area contributed by atoms with Crippen LogP contribution < -0.4 is 0 Å². The molecule has 210 valence electrons. The molecule has 0 atom stereocenters. The lowest BCUT2D eigenvalue weighted by molar-refractivity contribution is -0.111. The van der Waals surface area contributed by atoms with E-state index in [0.29, 0.717) is 31.4 Å². The van der Waals surface area contributed by atoms with Crippen LogP contribution in [-0.2, 0) is 18.1 Å². The fourth-order valence-electron chi connectivity index (χ4n) is 4.54. The second kappa shape index (κ2) is 27.2. The topological polar surface area (TPSA) is 44.8 Å². The van der Waals surface area contributed by atoms with Crippen LogP contribution in [0.15, 0.2) is 0 Å². The van der Waals surface area contributed by atoms with E-state index in [4.69, 9.17) is 13.3 Å². The molecule has 0 aromatic heterocycles. The van der Waals surface area contributed by atoms with Gasteiger partial charge < -0.3 is 13.3 Å². The van der Waals surface area contributed by atoms with E-state index in [1.165, 1.54) is 114 Å². The largest absolute Gasteiger partial charge is 0.500 e. The molecule has 0 amide bonds. The van der Waals surface area contributed by atoms with Gasteiger partial charge in [0.05, 0.1) is 0 Å². The number of hydrogen-bond acceptors (Lipinski definition) is 5. The number of carbonyl (C=O) groups is 1. The zero-order valence-electron chi connectivity index (χ0n) is 24.0. The van der Waals surface area contributed by atoms with Gasteiger partial charge in [-0.1, -0.05) is 121 Å². The summed E-state index contributed by atoms with van der Waals surface area (Å²) in [4.78, 5) is 12.2. The Balaban J connectivity index is 3.48. The molecule has 0 spiro atoms. The van der Waals surface area contributed by atoms with Crippen molar-refractivity contribution in [3.05, 3.63) is 0 Å². The van der Waals surface area contributed by atoms with Gasteiger partial charge in [-0.25, -0.2) is 0 Å². The van der Waals surface area contributed by atoms with Gasteiger partial charge in [0.1, 0.15) is 0 Å². The van der Waals surface area contributed by atoms with Gasteiger partial charge in [-0.3, -0.25) is 4.79 Å². The third kappa shape index (κ3) is 23.0. The van der Waals surface area contributed by atoms with Crippen molar-refractivity contribution in [1.82, 2.24) is 0 Å². The fraction of sp³-hybridized carbons (Fsp3) is 0.966. The van der Waals surface area contributed by atoms with Crippen molar-refractivity contribution in [2.24, 2.45) is 0 Å². The first-order valence-corrected chi connectivity index (χ1v) is 18.1. The van der Waals surface area contributed by atoms with Gasteiger partial charge in [0.15, 0.2) is 5.12 Å². The van der Waals surface area contributed by atoms with Crippen molar-refractivity contribution >= 4 is 25.7 Å². The molecule has 0 heterocycles. The van der Waals surface area contributed by atoms with Crippen LogP contribution in [0.5, 0.6) is 0 Å². The van der Waals surface area contributed by atoms with Crippen molar-refractivity contribution in [3.63, 3.8) is 0 Å². The third-order valence-corrected chi connectivity index (χ3v) is 10.6. The Kier molecular flexibility index (Phi) is 27.3. The van der Waals surface area contributed by atoms with Crippen molar-refractivity contribution in [2.45, 2.75) is 156 Å². The summed E-state index contributed by atoms with van der Waals surface area (Å²) in [7, 11) is -2.56. The summed E-state index contributed by atoms with van der Waals surface area (Å²) in [5, 5.41) is 0.336. The molecule has 4 nitrogen and oxygen atoms in total. The molecule has 0 aliphatic heterocycles. The third-order valence-electron chi connectivity index (χ3n) is 6.47. The molecule has 0 saturated heterocycles. The van der Waals surface area contributed by atoms with E-state index in [1.807, 2.05) is 20.8 Å². The maximum atomic E-state index is 12.2. The first-order chi connectivity index (χ1) is 17.1. The van der Waals surface area contributed by atoms with E-state index < -0.39 is 8.80 Å². The molecule has 0 fully saturated rings. The average molecular weight is 533 g/mol. The van der Waals surface area contributed by atoms with Crippen molar-refractivity contribution in [1.29, 1.82) is 0 Å². The molecule has 0 rings (SSSR count). The first-order valence-electron chi connectivity index (χ1n) is 15.2. The van der Waals surface area contributed by atoms with E-state index >= 15 is 0 Å². The number of carbonyl (C=O) groups excluding carboxylic acids is 1. The summed E-state index contributed by atoms with van der Waals surface area (Å²) in [5.74, 6) is 0.833. The van der Waals surface area contributed by atoms with E-state index in [-0.39, 0.29) is 0 Å². The van der Waals surface area contributed by atoms with E-state index in [1.54, 1.807) is 0 Å². The molecule has 0 bridgehead atoms. The van der Waals surface area contributed by atoms with Crippen LogP contribution in [-0.4, -0.2) is 39.5 Å². The summed E-state index contributed by atoms with van der Waals surface area (Å²) in [6, 6.07) is 0.794. The summed E-state index contributed by atoms with van der Waals surface area (Å²) in [5.41, 5.74) is 0. The maximum absolute atomic E-state index is 12.2. The van der Waals surface area contributed by atoms with Gasteiger partial charge in [-0.05, 0) is 33.6 Å². The van der Waals surface area contributed by atoms with Crippen LogP contribution in [0.4, 0.5) is 0 Å². The van der Waals surface area contributed by atoms with Crippen LogP contribution in [0, 0.1) is 0 Å². The highest BCUT2D eigenvalue weighted by molar-refractivity contribution is 8.13. The van der Waals surface area contributed by atoms with Gasteiger partial charge in [0.25, 0.3) is 0 Å². The number of rotatable bonds is 28. The van der Waals surface area contributed by atoms with Gasteiger partial charge >= 0.3 is 8.80 Å². The number of thioether (sulfide) groups is 1. The number of unbranched alkanes of at least 4 members (excludes halogenated alkanes) is 16. The lowest BCUT2D eigenvalue weighted by Gasteiger charge is -2.28. The zero-order chi connectivity index (χ0) is 25.9. The van der Waals surface area contributed by atoms with Crippen LogP contribution in [0.3, 0.4) is 0 Å². The van der Waals surface area contributed by atoms with E-state index in [2.05, 4.69) is 6.92 Å². The smallest absolute Gasteiger partial charge is 0.374 e. The maximum Gasteiger partial charge on any atom is 0.500 e. The summed E-state index contributed by atoms with van der Waals surface area (Å²) in [6.45, 7) is 10.1. The molecule has 0 aliphatic carbocycles. The highest BCUT2D eigenvalue weighted by Gasteiger charge is 2.39. The van der Waals surface area contributed by atoms with Gasteiger partial charge in [-0.2, -0.15) is 0 Å². The molecule has 35 heavy (non-hydrogen) atoms. The SMILES string of the molecule is CCCCCCCCCCCCCCCCCCCC(=O)SCCC[Si](OCC)(OCC)OCC. The Morgan fingerprint density at radius 2 is 0.914 bits per heavy atom.